The van der Waals surface area contributed by atoms with E-state index in [1.807, 2.05) is 12.1 Å². The van der Waals surface area contributed by atoms with Gasteiger partial charge in [-0.3, -0.25) is 9.78 Å². The van der Waals surface area contributed by atoms with E-state index in [4.69, 9.17) is 0 Å². The van der Waals surface area contributed by atoms with Crippen LogP contribution in [0.3, 0.4) is 0 Å². The Labute approximate surface area is 154 Å². The molecule has 0 fully saturated rings. The first-order valence-corrected chi connectivity index (χ1v) is 10.2. The van der Waals surface area contributed by atoms with Crippen LogP contribution in [-0.4, -0.2) is 25.4 Å². The summed E-state index contributed by atoms with van der Waals surface area (Å²) in [6.07, 6.45) is 7.43. The molecular formula is C19H23N3O3S. The fraction of sp³-hybridized carbons (Fsp3) is 0.368. The van der Waals surface area contributed by atoms with Gasteiger partial charge in [-0.1, -0.05) is 12.1 Å². The van der Waals surface area contributed by atoms with Gasteiger partial charge in [-0.15, -0.1) is 0 Å². The van der Waals surface area contributed by atoms with Gasteiger partial charge in [0.15, 0.2) is 0 Å². The molecule has 0 bridgehead atoms. The molecule has 7 heteroatoms. The maximum absolute atomic E-state index is 12.6. The molecule has 26 heavy (non-hydrogen) atoms. The molecule has 1 heterocycles. The van der Waals surface area contributed by atoms with Crippen LogP contribution >= 0.6 is 0 Å². The largest absolute Gasteiger partial charge is 0.351 e. The predicted octanol–water partition coefficient (Wildman–Crippen LogP) is 1.94. The molecule has 2 N–H and O–H groups in total. The average Bonchev–Trinajstić information content (AvgIpc) is 2.66. The lowest BCUT2D eigenvalue weighted by Gasteiger charge is -2.18. The summed E-state index contributed by atoms with van der Waals surface area (Å²) in [5.41, 5.74) is 3.16. The highest BCUT2D eigenvalue weighted by Gasteiger charge is 2.23. The van der Waals surface area contributed by atoms with E-state index < -0.39 is 16.1 Å². The lowest BCUT2D eigenvalue weighted by atomic mass is 9.92. The molecule has 0 radical (unpaired) electrons. The summed E-state index contributed by atoms with van der Waals surface area (Å²) >= 11 is 0. The van der Waals surface area contributed by atoms with Crippen molar-refractivity contribution in [3.8, 4) is 0 Å². The number of pyridine rings is 1. The van der Waals surface area contributed by atoms with Crippen molar-refractivity contribution in [2.75, 3.05) is 0 Å². The third-order valence-electron chi connectivity index (χ3n) is 4.55. The Morgan fingerprint density at radius 1 is 1.19 bits per heavy atom. The zero-order valence-electron chi connectivity index (χ0n) is 14.7. The van der Waals surface area contributed by atoms with Crippen LogP contribution in [0.5, 0.6) is 0 Å². The number of hydrogen-bond acceptors (Lipinski definition) is 4. The summed E-state index contributed by atoms with van der Waals surface area (Å²) < 4.78 is 27.7. The standard InChI is InChI=1S/C19H23N3O3S/c1-14(19(23)21-13-15-5-4-10-20-12-15)22-26(24,25)18-9-8-16-6-2-3-7-17(16)11-18/h4-5,8-12,14,22H,2-3,6-7,13H2,1H3,(H,21,23)/t14-/m0/s1. The van der Waals surface area contributed by atoms with Gasteiger partial charge in [-0.05, 0) is 67.5 Å². The molecule has 1 aromatic heterocycles. The SMILES string of the molecule is C[C@H](NS(=O)(=O)c1ccc2c(c1)CCCC2)C(=O)NCc1cccnc1. The molecule has 0 saturated carbocycles. The van der Waals surface area contributed by atoms with Crippen LogP contribution in [0.4, 0.5) is 0 Å². The van der Waals surface area contributed by atoms with E-state index in [1.165, 1.54) is 12.5 Å². The third kappa shape index (κ3) is 4.47. The van der Waals surface area contributed by atoms with E-state index in [9.17, 15) is 13.2 Å². The van der Waals surface area contributed by atoms with Gasteiger partial charge >= 0.3 is 0 Å². The monoisotopic (exact) mass is 373 g/mol. The Kier molecular flexibility index (Phi) is 5.68. The van der Waals surface area contributed by atoms with Crippen LogP contribution in [0.25, 0.3) is 0 Å². The lowest BCUT2D eigenvalue weighted by Crippen LogP contribution is -2.44. The molecule has 0 saturated heterocycles. The minimum atomic E-state index is -3.74. The molecule has 1 aromatic carbocycles. The van der Waals surface area contributed by atoms with Gasteiger partial charge < -0.3 is 5.32 Å². The molecule has 6 nitrogen and oxygen atoms in total. The molecule has 1 aliphatic carbocycles. The molecule has 0 unspecified atom stereocenters. The first-order valence-electron chi connectivity index (χ1n) is 8.76. The summed E-state index contributed by atoms with van der Waals surface area (Å²) in [5.74, 6) is -0.379. The van der Waals surface area contributed by atoms with Crippen LogP contribution in [0.1, 0.15) is 36.5 Å². The van der Waals surface area contributed by atoms with E-state index >= 15 is 0 Å². The minimum Gasteiger partial charge on any atom is -0.351 e. The van der Waals surface area contributed by atoms with Crippen LogP contribution < -0.4 is 10.0 Å². The van der Waals surface area contributed by atoms with Crippen molar-refractivity contribution in [3.63, 3.8) is 0 Å². The minimum absolute atomic E-state index is 0.213. The van der Waals surface area contributed by atoms with E-state index in [0.717, 1.165) is 36.8 Å². The van der Waals surface area contributed by atoms with Crippen molar-refractivity contribution in [1.82, 2.24) is 15.0 Å². The van der Waals surface area contributed by atoms with Crippen molar-refractivity contribution < 1.29 is 13.2 Å². The Balaban J connectivity index is 1.63. The number of benzene rings is 1. The number of aryl methyl sites for hydroxylation is 2. The maximum atomic E-state index is 12.6. The summed E-state index contributed by atoms with van der Waals surface area (Å²) in [4.78, 5) is 16.4. The van der Waals surface area contributed by atoms with Crippen LogP contribution in [0.2, 0.25) is 0 Å². The van der Waals surface area contributed by atoms with Crippen molar-refractivity contribution in [3.05, 3.63) is 59.4 Å². The number of carbonyl (C=O) groups is 1. The summed E-state index contributed by atoms with van der Waals surface area (Å²) in [7, 11) is -3.74. The van der Waals surface area contributed by atoms with Crippen molar-refractivity contribution in [2.24, 2.45) is 0 Å². The molecule has 138 valence electrons. The number of amides is 1. The second kappa shape index (κ2) is 7.97. The van der Waals surface area contributed by atoms with Gasteiger partial charge in [0, 0.05) is 18.9 Å². The third-order valence-corrected chi connectivity index (χ3v) is 6.08. The second-order valence-electron chi connectivity index (χ2n) is 6.56. The molecular weight excluding hydrogens is 350 g/mol. The van der Waals surface area contributed by atoms with Crippen LogP contribution in [-0.2, 0) is 34.2 Å². The molecule has 1 atom stereocenters. The van der Waals surface area contributed by atoms with Crippen molar-refractivity contribution in [1.29, 1.82) is 0 Å². The molecule has 3 rings (SSSR count). The number of nitrogens with zero attached hydrogens (tertiary/aromatic N) is 1. The lowest BCUT2D eigenvalue weighted by molar-refractivity contribution is -0.122. The second-order valence-corrected chi connectivity index (χ2v) is 8.27. The highest BCUT2D eigenvalue weighted by atomic mass is 32.2. The van der Waals surface area contributed by atoms with Gasteiger partial charge in [0.25, 0.3) is 0 Å². The van der Waals surface area contributed by atoms with E-state index in [0.29, 0.717) is 6.54 Å². The van der Waals surface area contributed by atoms with E-state index in [1.54, 1.807) is 30.6 Å². The Morgan fingerprint density at radius 3 is 2.69 bits per heavy atom. The topological polar surface area (TPSA) is 88.2 Å². The number of hydrogen-bond donors (Lipinski definition) is 2. The Hall–Kier alpha value is -2.25. The zero-order chi connectivity index (χ0) is 18.6. The predicted molar refractivity (Wildman–Crippen MR) is 99.0 cm³/mol. The highest BCUT2D eigenvalue weighted by molar-refractivity contribution is 7.89. The first-order chi connectivity index (χ1) is 12.5. The zero-order valence-corrected chi connectivity index (χ0v) is 15.6. The molecule has 1 aliphatic rings. The van der Waals surface area contributed by atoms with Crippen molar-refractivity contribution >= 4 is 15.9 Å². The van der Waals surface area contributed by atoms with Gasteiger partial charge in [0.05, 0.1) is 10.9 Å². The number of nitrogens with one attached hydrogen (secondary N) is 2. The maximum Gasteiger partial charge on any atom is 0.241 e. The van der Waals surface area contributed by atoms with Gasteiger partial charge in [0.1, 0.15) is 0 Å². The Morgan fingerprint density at radius 2 is 1.96 bits per heavy atom. The number of aromatic nitrogens is 1. The van der Waals surface area contributed by atoms with Crippen LogP contribution in [0, 0.1) is 0 Å². The summed E-state index contributed by atoms with van der Waals surface area (Å²) in [6, 6.07) is 7.99. The number of carbonyl (C=O) groups excluding carboxylic acids is 1. The molecule has 2 aromatic rings. The average molecular weight is 373 g/mol. The summed E-state index contributed by atoms with van der Waals surface area (Å²) in [5, 5.41) is 2.72. The van der Waals surface area contributed by atoms with E-state index in [-0.39, 0.29) is 10.8 Å². The quantitative estimate of drug-likeness (QED) is 0.810. The van der Waals surface area contributed by atoms with Gasteiger partial charge in [-0.25, -0.2) is 8.42 Å². The number of rotatable bonds is 6. The number of sulfonamides is 1. The molecule has 0 spiro atoms. The van der Waals surface area contributed by atoms with Gasteiger partial charge in [-0.2, -0.15) is 4.72 Å². The molecule has 0 aliphatic heterocycles. The number of fused-ring (bicyclic) bond motifs is 1. The normalized spacial score (nSPS) is 15.1. The van der Waals surface area contributed by atoms with Crippen molar-refractivity contribution in [2.45, 2.75) is 50.1 Å². The van der Waals surface area contributed by atoms with Crippen LogP contribution in [0.15, 0.2) is 47.6 Å². The smallest absolute Gasteiger partial charge is 0.241 e. The fourth-order valence-electron chi connectivity index (χ4n) is 3.08. The first kappa shape index (κ1) is 18.5. The fourth-order valence-corrected chi connectivity index (χ4v) is 4.33. The summed E-state index contributed by atoms with van der Waals surface area (Å²) in [6.45, 7) is 1.84. The van der Waals surface area contributed by atoms with Gasteiger partial charge in [0.2, 0.25) is 15.9 Å². The highest BCUT2D eigenvalue weighted by Crippen LogP contribution is 2.24. The Bertz CT molecular complexity index is 882. The van der Waals surface area contributed by atoms with E-state index in [2.05, 4.69) is 15.0 Å². The molecule has 1 amide bonds.